The first-order valence-corrected chi connectivity index (χ1v) is 8.83. The van der Waals surface area contributed by atoms with E-state index in [1.54, 1.807) is 6.92 Å². The zero-order valence-corrected chi connectivity index (χ0v) is 14.0. The third kappa shape index (κ3) is 2.86. The van der Waals surface area contributed by atoms with Gasteiger partial charge in [-0.2, -0.15) is 9.29 Å². The van der Waals surface area contributed by atoms with Gasteiger partial charge in [0.05, 0.1) is 10.9 Å². The highest BCUT2D eigenvalue weighted by atomic mass is 35.5. The lowest BCUT2D eigenvalue weighted by atomic mass is 10.1. The summed E-state index contributed by atoms with van der Waals surface area (Å²) in [6, 6.07) is 4.35. The molecule has 1 aromatic carbocycles. The number of aryl methyl sites for hydroxylation is 1. The molecule has 0 aliphatic carbocycles. The van der Waals surface area contributed by atoms with Crippen LogP contribution in [-0.2, 0) is 10.0 Å². The smallest absolute Gasteiger partial charge is 0.244 e. The summed E-state index contributed by atoms with van der Waals surface area (Å²) in [6.45, 7) is 2.40. The first kappa shape index (κ1) is 15.7. The zero-order chi connectivity index (χ0) is 15.9. The predicted octanol–water partition coefficient (Wildman–Crippen LogP) is 2.86. The molecule has 0 N–H and O–H groups in total. The average molecular weight is 362 g/mol. The zero-order valence-electron chi connectivity index (χ0n) is 11.7. The molecule has 0 amide bonds. The highest BCUT2D eigenvalue weighted by molar-refractivity contribution is 7.89. The summed E-state index contributed by atoms with van der Waals surface area (Å²) < 4.78 is 31.9. The quantitative estimate of drug-likeness (QED) is 0.839. The predicted molar refractivity (Wildman–Crippen MR) is 81.6 cm³/mol. The number of hydrogen-bond acceptors (Lipinski definition) is 5. The minimum Gasteiger partial charge on any atom is -0.339 e. The second kappa shape index (κ2) is 5.81. The molecular formula is C13H13Cl2N3O3S. The van der Waals surface area contributed by atoms with Gasteiger partial charge < -0.3 is 4.52 Å². The molecule has 0 bridgehead atoms. The second-order valence-corrected chi connectivity index (χ2v) is 7.85. The molecule has 1 fully saturated rings. The molecule has 22 heavy (non-hydrogen) atoms. The van der Waals surface area contributed by atoms with Crippen LogP contribution in [0, 0.1) is 6.92 Å². The van der Waals surface area contributed by atoms with Crippen molar-refractivity contribution in [3.63, 3.8) is 0 Å². The van der Waals surface area contributed by atoms with Gasteiger partial charge in [-0.25, -0.2) is 8.42 Å². The van der Waals surface area contributed by atoms with E-state index < -0.39 is 10.0 Å². The summed E-state index contributed by atoms with van der Waals surface area (Å²) >= 11 is 11.8. The molecule has 3 rings (SSSR count). The number of sulfonamides is 1. The first-order valence-electron chi connectivity index (χ1n) is 6.63. The SMILES string of the molecule is Cc1noc(C2CCN(S(=O)(=O)c3ccc(Cl)cc3Cl)C2)n1. The van der Waals surface area contributed by atoms with E-state index in [2.05, 4.69) is 10.1 Å². The van der Waals surface area contributed by atoms with Gasteiger partial charge in [0.15, 0.2) is 5.82 Å². The van der Waals surface area contributed by atoms with Crippen molar-refractivity contribution in [1.29, 1.82) is 0 Å². The fourth-order valence-electron chi connectivity index (χ4n) is 2.45. The summed E-state index contributed by atoms with van der Waals surface area (Å²) in [7, 11) is -3.67. The Balaban J connectivity index is 1.85. The maximum absolute atomic E-state index is 12.7. The Kier molecular flexibility index (Phi) is 4.15. The maximum Gasteiger partial charge on any atom is 0.244 e. The summed E-state index contributed by atoms with van der Waals surface area (Å²) in [5.41, 5.74) is 0. The molecule has 1 atom stereocenters. The first-order chi connectivity index (χ1) is 10.4. The second-order valence-electron chi connectivity index (χ2n) is 5.10. The molecule has 1 saturated heterocycles. The molecule has 6 nitrogen and oxygen atoms in total. The third-order valence-corrected chi connectivity index (χ3v) is 6.14. The molecule has 1 aromatic heterocycles. The number of hydrogen-bond donors (Lipinski definition) is 0. The Labute approximate surface area is 138 Å². The van der Waals surface area contributed by atoms with Crippen LogP contribution < -0.4 is 0 Å². The van der Waals surface area contributed by atoms with Gasteiger partial charge in [0.25, 0.3) is 0 Å². The number of nitrogens with zero attached hydrogens (tertiary/aromatic N) is 3. The van der Waals surface area contributed by atoms with Crippen molar-refractivity contribution in [3.8, 4) is 0 Å². The molecule has 2 heterocycles. The number of halogens is 2. The highest BCUT2D eigenvalue weighted by Crippen LogP contribution is 2.33. The Bertz CT molecular complexity index is 807. The van der Waals surface area contributed by atoms with E-state index in [4.69, 9.17) is 27.7 Å². The summed E-state index contributed by atoms with van der Waals surface area (Å²) in [5, 5.41) is 4.25. The Morgan fingerprint density at radius 3 is 2.77 bits per heavy atom. The molecule has 1 unspecified atom stereocenters. The van der Waals surface area contributed by atoms with Crippen molar-refractivity contribution in [2.75, 3.05) is 13.1 Å². The fraction of sp³-hybridized carbons (Fsp3) is 0.385. The van der Waals surface area contributed by atoms with Crippen molar-refractivity contribution in [3.05, 3.63) is 40.0 Å². The lowest BCUT2D eigenvalue weighted by molar-refractivity contribution is 0.351. The maximum atomic E-state index is 12.7. The van der Waals surface area contributed by atoms with Crippen LogP contribution >= 0.6 is 23.2 Å². The molecule has 0 spiro atoms. The monoisotopic (exact) mass is 361 g/mol. The Morgan fingerprint density at radius 1 is 1.36 bits per heavy atom. The molecule has 0 saturated carbocycles. The van der Waals surface area contributed by atoms with Gasteiger partial charge >= 0.3 is 0 Å². The minimum atomic E-state index is -3.67. The molecule has 118 valence electrons. The minimum absolute atomic E-state index is 0.0564. The molecule has 1 aliphatic rings. The number of rotatable bonds is 3. The van der Waals surface area contributed by atoms with Crippen LogP contribution in [0.5, 0.6) is 0 Å². The summed E-state index contributed by atoms with van der Waals surface area (Å²) in [5.74, 6) is 0.913. The Hall–Kier alpha value is -1.15. The van der Waals surface area contributed by atoms with Crippen LogP contribution in [0.2, 0.25) is 10.0 Å². The van der Waals surface area contributed by atoms with Gasteiger partial charge in [0.2, 0.25) is 15.9 Å². The van der Waals surface area contributed by atoms with Gasteiger partial charge in [-0.1, -0.05) is 28.4 Å². The normalized spacial score (nSPS) is 19.7. The van der Waals surface area contributed by atoms with Crippen molar-refractivity contribution < 1.29 is 12.9 Å². The number of aromatic nitrogens is 2. The van der Waals surface area contributed by atoms with Gasteiger partial charge in [-0.05, 0) is 31.5 Å². The summed E-state index contributed by atoms with van der Waals surface area (Å²) in [6.07, 6.45) is 0.631. The molecular weight excluding hydrogens is 349 g/mol. The van der Waals surface area contributed by atoms with E-state index >= 15 is 0 Å². The van der Waals surface area contributed by atoms with Crippen LogP contribution in [0.4, 0.5) is 0 Å². The Morgan fingerprint density at radius 2 is 2.14 bits per heavy atom. The van der Waals surface area contributed by atoms with Crippen LogP contribution in [0.3, 0.4) is 0 Å². The highest BCUT2D eigenvalue weighted by Gasteiger charge is 2.36. The van der Waals surface area contributed by atoms with Gasteiger partial charge in [-0.15, -0.1) is 0 Å². The number of benzene rings is 1. The topological polar surface area (TPSA) is 76.3 Å². The third-order valence-electron chi connectivity index (χ3n) is 3.56. The van der Waals surface area contributed by atoms with Crippen LogP contribution in [0.25, 0.3) is 0 Å². The molecule has 0 radical (unpaired) electrons. The van der Waals surface area contributed by atoms with Gasteiger partial charge in [0.1, 0.15) is 4.90 Å². The lowest BCUT2D eigenvalue weighted by Crippen LogP contribution is -2.29. The van der Waals surface area contributed by atoms with Crippen molar-refractivity contribution in [2.45, 2.75) is 24.2 Å². The lowest BCUT2D eigenvalue weighted by Gasteiger charge is -2.17. The van der Waals surface area contributed by atoms with Crippen LogP contribution in [0.1, 0.15) is 24.1 Å². The molecule has 2 aromatic rings. The van der Waals surface area contributed by atoms with Gasteiger partial charge in [0, 0.05) is 18.1 Å². The van der Waals surface area contributed by atoms with E-state index in [0.717, 1.165) is 0 Å². The summed E-state index contributed by atoms with van der Waals surface area (Å²) in [4.78, 5) is 4.22. The average Bonchev–Trinajstić information content (AvgIpc) is 3.06. The van der Waals surface area contributed by atoms with Crippen LogP contribution in [0.15, 0.2) is 27.6 Å². The van der Waals surface area contributed by atoms with Gasteiger partial charge in [-0.3, -0.25) is 0 Å². The molecule has 1 aliphatic heterocycles. The van der Waals surface area contributed by atoms with E-state index in [-0.39, 0.29) is 15.8 Å². The van der Waals surface area contributed by atoms with E-state index in [9.17, 15) is 8.42 Å². The fourth-order valence-corrected chi connectivity index (χ4v) is 4.70. The van der Waals surface area contributed by atoms with Crippen molar-refractivity contribution in [1.82, 2.24) is 14.4 Å². The van der Waals surface area contributed by atoms with E-state index in [0.29, 0.717) is 36.2 Å². The molecule has 9 heteroatoms. The van der Waals surface area contributed by atoms with Crippen LogP contribution in [-0.4, -0.2) is 36.0 Å². The largest absolute Gasteiger partial charge is 0.339 e. The standard InChI is InChI=1S/C13H13Cl2N3O3S/c1-8-16-13(21-17-8)9-4-5-18(7-9)22(19,20)12-3-2-10(14)6-11(12)15/h2-3,6,9H,4-5,7H2,1H3. The van der Waals surface area contributed by atoms with E-state index in [1.807, 2.05) is 0 Å². The van der Waals surface area contributed by atoms with E-state index in [1.165, 1.54) is 22.5 Å². The van der Waals surface area contributed by atoms with Crippen molar-refractivity contribution >= 4 is 33.2 Å². The van der Waals surface area contributed by atoms with Crippen molar-refractivity contribution in [2.24, 2.45) is 0 Å².